The molecule has 0 aliphatic rings. The molecule has 0 aliphatic heterocycles. The molecule has 0 bridgehead atoms. The van der Waals surface area contributed by atoms with E-state index in [1.807, 2.05) is 13.1 Å². The second kappa shape index (κ2) is 4.58. The zero-order chi connectivity index (χ0) is 11.5. The van der Waals surface area contributed by atoms with Gasteiger partial charge in [0.15, 0.2) is 0 Å². The summed E-state index contributed by atoms with van der Waals surface area (Å²) in [6.45, 7) is 2.09. The van der Waals surface area contributed by atoms with Crippen LogP contribution in [0.15, 0.2) is 30.3 Å². The zero-order valence-corrected chi connectivity index (χ0v) is 10.5. The lowest BCUT2D eigenvalue weighted by Gasteiger charge is -2.07. The summed E-state index contributed by atoms with van der Waals surface area (Å²) < 4.78 is 5.38. The molecule has 0 atom stereocenters. The lowest BCUT2D eigenvalue weighted by atomic mass is 10.1. The average molecular weight is 233 g/mol. The van der Waals surface area contributed by atoms with E-state index >= 15 is 0 Å². The molecule has 0 unspecified atom stereocenters. The number of thiophene rings is 1. The van der Waals surface area contributed by atoms with Gasteiger partial charge in [-0.2, -0.15) is 0 Å². The van der Waals surface area contributed by atoms with Crippen molar-refractivity contribution in [3.05, 3.63) is 35.9 Å². The van der Waals surface area contributed by atoms with E-state index in [1.165, 1.54) is 15.4 Å². The molecule has 0 radical (unpaired) electrons. The van der Waals surface area contributed by atoms with E-state index in [0.717, 1.165) is 11.3 Å². The third-order valence-corrected chi connectivity index (χ3v) is 3.61. The van der Waals surface area contributed by atoms with Crippen LogP contribution in [0.4, 0.5) is 5.00 Å². The van der Waals surface area contributed by atoms with Crippen LogP contribution in [0.25, 0.3) is 10.4 Å². The van der Waals surface area contributed by atoms with Gasteiger partial charge in [0.25, 0.3) is 0 Å². The Bertz CT molecular complexity index is 490. The topological polar surface area (TPSA) is 21.3 Å². The number of rotatable bonds is 3. The van der Waals surface area contributed by atoms with Crippen LogP contribution in [0.5, 0.6) is 5.75 Å². The van der Waals surface area contributed by atoms with Crippen molar-refractivity contribution in [1.29, 1.82) is 0 Å². The van der Waals surface area contributed by atoms with Crippen LogP contribution in [-0.2, 0) is 0 Å². The van der Waals surface area contributed by atoms with Crippen LogP contribution in [0.3, 0.4) is 0 Å². The zero-order valence-electron chi connectivity index (χ0n) is 9.70. The maximum atomic E-state index is 5.38. The molecule has 2 nitrogen and oxygen atoms in total. The Morgan fingerprint density at radius 1 is 1.19 bits per heavy atom. The first-order valence-electron chi connectivity index (χ1n) is 5.17. The third-order valence-electron chi connectivity index (χ3n) is 2.47. The summed E-state index contributed by atoms with van der Waals surface area (Å²) in [6.07, 6.45) is 0. The minimum absolute atomic E-state index is 0.926. The van der Waals surface area contributed by atoms with Gasteiger partial charge >= 0.3 is 0 Å². The number of ether oxygens (including phenoxy) is 1. The Morgan fingerprint density at radius 2 is 2.00 bits per heavy atom. The van der Waals surface area contributed by atoms with Crippen molar-refractivity contribution in [3.63, 3.8) is 0 Å². The smallest absolute Gasteiger partial charge is 0.127 e. The fourth-order valence-corrected chi connectivity index (χ4v) is 2.51. The van der Waals surface area contributed by atoms with E-state index in [4.69, 9.17) is 4.74 Å². The molecule has 0 saturated heterocycles. The highest BCUT2D eigenvalue weighted by atomic mass is 32.1. The molecule has 1 N–H and O–H groups in total. The second-order valence-corrected chi connectivity index (χ2v) is 4.70. The summed E-state index contributed by atoms with van der Waals surface area (Å²) in [5, 5.41) is 4.31. The Hall–Kier alpha value is -1.48. The van der Waals surface area contributed by atoms with Gasteiger partial charge in [0.1, 0.15) is 5.75 Å². The SMILES string of the molecule is CNc1ccc(-c2cc(C)ccc2OC)s1. The molecule has 16 heavy (non-hydrogen) atoms. The fraction of sp³-hybridized carbons (Fsp3) is 0.231. The number of benzene rings is 1. The monoisotopic (exact) mass is 233 g/mol. The van der Waals surface area contributed by atoms with E-state index in [1.54, 1.807) is 18.4 Å². The maximum absolute atomic E-state index is 5.38. The molecular weight excluding hydrogens is 218 g/mol. The average Bonchev–Trinajstić information content (AvgIpc) is 2.77. The van der Waals surface area contributed by atoms with Crippen LogP contribution in [-0.4, -0.2) is 14.2 Å². The first kappa shape index (κ1) is 11.0. The van der Waals surface area contributed by atoms with Crippen molar-refractivity contribution in [3.8, 4) is 16.2 Å². The summed E-state index contributed by atoms with van der Waals surface area (Å²) in [7, 11) is 3.64. The number of nitrogens with one attached hydrogen (secondary N) is 1. The van der Waals surface area contributed by atoms with Crippen LogP contribution >= 0.6 is 11.3 Å². The third kappa shape index (κ3) is 2.04. The normalized spacial score (nSPS) is 10.2. The van der Waals surface area contributed by atoms with Gasteiger partial charge in [-0.3, -0.25) is 0 Å². The summed E-state index contributed by atoms with van der Waals surface area (Å²) in [6, 6.07) is 10.4. The standard InChI is InChI=1S/C13H15NOS/c1-9-4-5-11(15-3)10(8-9)12-6-7-13(14-2)16-12/h4-8,14H,1-3H3. The van der Waals surface area contributed by atoms with Crippen molar-refractivity contribution in [2.24, 2.45) is 0 Å². The van der Waals surface area contributed by atoms with Gasteiger partial charge in [0.05, 0.1) is 12.1 Å². The summed E-state index contributed by atoms with van der Waals surface area (Å²) in [5.41, 5.74) is 2.41. The minimum Gasteiger partial charge on any atom is -0.496 e. The van der Waals surface area contributed by atoms with E-state index in [9.17, 15) is 0 Å². The Morgan fingerprint density at radius 3 is 2.62 bits per heavy atom. The molecule has 2 aromatic rings. The van der Waals surface area contributed by atoms with Crippen molar-refractivity contribution >= 4 is 16.3 Å². The van der Waals surface area contributed by atoms with E-state index in [-0.39, 0.29) is 0 Å². The highest BCUT2D eigenvalue weighted by molar-refractivity contribution is 7.19. The molecule has 0 saturated carbocycles. The number of methoxy groups -OCH3 is 1. The molecule has 1 heterocycles. The van der Waals surface area contributed by atoms with Gasteiger partial charge in [-0.1, -0.05) is 11.6 Å². The van der Waals surface area contributed by atoms with E-state index < -0.39 is 0 Å². The molecule has 2 rings (SSSR count). The Balaban J connectivity index is 2.49. The summed E-state index contributed by atoms with van der Waals surface area (Å²) >= 11 is 1.73. The number of aryl methyl sites for hydroxylation is 1. The van der Waals surface area contributed by atoms with Crippen molar-refractivity contribution in [2.75, 3.05) is 19.5 Å². The minimum atomic E-state index is 0.926. The molecule has 3 heteroatoms. The predicted octanol–water partition coefficient (Wildman–Crippen LogP) is 3.77. The quantitative estimate of drug-likeness (QED) is 0.871. The summed E-state index contributed by atoms with van der Waals surface area (Å²) in [4.78, 5) is 1.23. The van der Waals surface area contributed by atoms with Crippen molar-refractivity contribution < 1.29 is 4.74 Å². The molecule has 84 valence electrons. The largest absolute Gasteiger partial charge is 0.496 e. The van der Waals surface area contributed by atoms with Crippen molar-refractivity contribution in [2.45, 2.75) is 6.92 Å². The van der Waals surface area contributed by atoms with Gasteiger partial charge in [0, 0.05) is 17.5 Å². The van der Waals surface area contributed by atoms with Gasteiger partial charge in [-0.15, -0.1) is 11.3 Å². The lowest BCUT2D eigenvalue weighted by molar-refractivity contribution is 0.416. The van der Waals surface area contributed by atoms with Gasteiger partial charge in [-0.05, 0) is 31.2 Å². The molecule has 1 aromatic heterocycles. The first-order chi connectivity index (χ1) is 7.74. The molecule has 0 spiro atoms. The highest BCUT2D eigenvalue weighted by Gasteiger charge is 2.08. The van der Waals surface area contributed by atoms with E-state index in [0.29, 0.717) is 0 Å². The number of hydrogen-bond acceptors (Lipinski definition) is 3. The van der Waals surface area contributed by atoms with Gasteiger partial charge < -0.3 is 10.1 Å². The molecule has 0 aliphatic carbocycles. The molecule has 0 fully saturated rings. The van der Waals surface area contributed by atoms with E-state index in [2.05, 4.69) is 36.5 Å². The molecule has 0 amide bonds. The first-order valence-corrected chi connectivity index (χ1v) is 5.99. The maximum Gasteiger partial charge on any atom is 0.127 e. The Labute approximate surface area is 99.9 Å². The molecular formula is C13H15NOS. The summed E-state index contributed by atoms with van der Waals surface area (Å²) in [5.74, 6) is 0.926. The molecule has 1 aromatic carbocycles. The van der Waals surface area contributed by atoms with Crippen molar-refractivity contribution in [1.82, 2.24) is 0 Å². The number of anilines is 1. The van der Waals surface area contributed by atoms with Crippen LogP contribution in [0.1, 0.15) is 5.56 Å². The van der Waals surface area contributed by atoms with Crippen LogP contribution in [0.2, 0.25) is 0 Å². The van der Waals surface area contributed by atoms with Crippen LogP contribution in [0, 0.1) is 6.92 Å². The van der Waals surface area contributed by atoms with Gasteiger partial charge in [-0.25, -0.2) is 0 Å². The second-order valence-electron chi connectivity index (χ2n) is 3.62. The lowest BCUT2D eigenvalue weighted by Crippen LogP contribution is -1.87. The predicted molar refractivity (Wildman–Crippen MR) is 70.6 cm³/mol. The Kier molecular flexibility index (Phi) is 3.15. The fourth-order valence-electron chi connectivity index (χ4n) is 1.63. The van der Waals surface area contributed by atoms with Crippen LogP contribution < -0.4 is 10.1 Å². The highest BCUT2D eigenvalue weighted by Crippen LogP contribution is 2.37. The number of hydrogen-bond donors (Lipinski definition) is 1. The van der Waals surface area contributed by atoms with Gasteiger partial charge in [0.2, 0.25) is 0 Å².